The average Bonchev–Trinajstić information content (AvgIpc) is 2.94. The molecule has 1 aromatic heterocycles. The third-order valence-electron chi connectivity index (χ3n) is 3.84. The molecule has 0 spiro atoms. The van der Waals surface area contributed by atoms with E-state index >= 15 is 0 Å². The number of rotatable bonds is 4. The number of ether oxygens (including phenoxy) is 2. The Hall–Kier alpha value is -3.35. The fourth-order valence-electron chi connectivity index (χ4n) is 2.53. The van der Waals surface area contributed by atoms with Crippen molar-refractivity contribution in [1.82, 2.24) is 9.55 Å². The van der Waals surface area contributed by atoms with E-state index in [-0.39, 0.29) is 5.75 Å². The van der Waals surface area contributed by atoms with Gasteiger partial charge in [-0.3, -0.25) is 9.88 Å². The fraction of sp³-hybridized carbons (Fsp3) is 0.250. The van der Waals surface area contributed by atoms with Crippen LogP contribution in [-0.4, -0.2) is 55.2 Å². The smallest absolute Gasteiger partial charge is 0.418 e. The number of aliphatic carboxylic acids is 1. The van der Waals surface area contributed by atoms with Gasteiger partial charge in [-0.1, -0.05) is 18.2 Å². The number of amides is 1. The van der Waals surface area contributed by atoms with Crippen LogP contribution in [0.2, 0.25) is 0 Å². The van der Waals surface area contributed by atoms with Crippen LogP contribution < -0.4 is 15.7 Å². The van der Waals surface area contributed by atoms with Crippen molar-refractivity contribution in [3.8, 4) is 5.75 Å². The summed E-state index contributed by atoms with van der Waals surface area (Å²) in [5.41, 5.74) is -1.17. The number of para-hydroxylation sites is 1. The molecular formula is C16H14FN3O8. The third-order valence-corrected chi connectivity index (χ3v) is 3.84. The Labute approximate surface area is 155 Å². The van der Waals surface area contributed by atoms with Crippen LogP contribution in [0.4, 0.5) is 15.0 Å². The minimum absolute atomic E-state index is 0.171. The number of carboxylic acid groups (broad SMARTS) is 1. The van der Waals surface area contributed by atoms with Crippen molar-refractivity contribution < 1.29 is 38.8 Å². The predicted octanol–water partition coefficient (Wildman–Crippen LogP) is -0.303. The maximum atomic E-state index is 14.3. The van der Waals surface area contributed by atoms with Gasteiger partial charge >= 0.3 is 17.8 Å². The molecule has 0 bridgehead atoms. The number of anilines is 1. The predicted molar refractivity (Wildman–Crippen MR) is 88.1 cm³/mol. The largest absolute Gasteiger partial charge is 0.479 e. The number of hydrogen-bond donors (Lipinski definition) is 4. The van der Waals surface area contributed by atoms with Gasteiger partial charge < -0.3 is 24.8 Å². The number of aromatic nitrogens is 2. The van der Waals surface area contributed by atoms with Crippen molar-refractivity contribution in [3.63, 3.8) is 0 Å². The molecule has 11 nitrogen and oxygen atoms in total. The lowest BCUT2D eigenvalue weighted by molar-refractivity contribution is -0.155. The van der Waals surface area contributed by atoms with E-state index in [0.29, 0.717) is 10.8 Å². The summed E-state index contributed by atoms with van der Waals surface area (Å²) in [7, 11) is 0. The number of aliphatic hydroxyl groups is 2. The first-order chi connectivity index (χ1) is 13.3. The van der Waals surface area contributed by atoms with E-state index in [1.807, 2.05) is 5.32 Å². The molecule has 148 valence electrons. The van der Waals surface area contributed by atoms with E-state index in [1.54, 1.807) is 18.2 Å². The average molecular weight is 395 g/mol. The van der Waals surface area contributed by atoms with Crippen LogP contribution in [0.3, 0.4) is 0 Å². The SMILES string of the molecule is O=C(Nc1nc(=O)n(C2OC(C(=O)O)C(O)C2O)cc1F)Oc1ccccc1. The number of nitrogens with one attached hydrogen (secondary N) is 1. The molecule has 0 radical (unpaired) electrons. The summed E-state index contributed by atoms with van der Waals surface area (Å²) >= 11 is 0. The molecule has 2 aromatic rings. The molecule has 4 N–H and O–H groups in total. The van der Waals surface area contributed by atoms with E-state index in [0.717, 1.165) is 0 Å². The monoisotopic (exact) mass is 395 g/mol. The molecule has 1 aliphatic rings. The number of carboxylic acids is 1. The van der Waals surface area contributed by atoms with Crippen LogP contribution in [0.1, 0.15) is 6.23 Å². The summed E-state index contributed by atoms with van der Waals surface area (Å²) < 4.78 is 24.5. The lowest BCUT2D eigenvalue weighted by atomic mass is 10.1. The second-order valence-corrected chi connectivity index (χ2v) is 5.72. The number of benzene rings is 1. The van der Waals surface area contributed by atoms with Crippen molar-refractivity contribution in [2.45, 2.75) is 24.5 Å². The highest BCUT2D eigenvalue weighted by Gasteiger charge is 2.48. The fourth-order valence-corrected chi connectivity index (χ4v) is 2.53. The number of nitrogens with zero attached hydrogens (tertiary/aromatic N) is 2. The van der Waals surface area contributed by atoms with Crippen molar-refractivity contribution in [1.29, 1.82) is 0 Å². The molecule has 0 aliphatic carbocycles. The van der Waals surface area contributed by atoms with Crippen LogP contribution in [-0.2, 0) is 9.53 Å². The van der Waals surface area contributed by atoms with Gasteiger partial charge in [0.05, 0.1) is 6.20 Å². The van der Waals surface area contributed by atoms with E-state index < -0.39 is 53.9 Å². The zero-order valence-corrected chi connectivity index (χ0v) is 13.9. The van der Waals surface area contributed by atoms with Gasteiger partial charge in [-0.05, 0) is 12.1 Å². The molecule has 1 amide bonds. The van der Waals surface area contributed by atoms with Crippen molar-refractivity contribution in [2.75, 3.05) is 5.32 Å². The standard InChI is InChI=1S/C16H14FN3O8/c17-8-6-20(13-10(22)9(21)11(28-13)14(23)24)15(25)18-12(8)19-16(26)27-7-4-2-1-3-5-7/h1-6,9-11,13,21-22H,(H,23,24)(H,18,19,25,26). The van der Waals surface area contributed by atoms with Crippen LogP contribution in [0, 0.1) is 5.82 Å². The van der Waals surface area contributed by atoms with Crippen molar-refractivity contribution in [3.05, 3.63) is 52.8 Å². The molecule has 4 atom stereocenters. The van der Waals surface area contributed by atoms with Gasteiger partial charge in [-0.2, -0.15) is 4.98 Å². The van der Waals surface area contributed by atoms with Crippen LogP contribution >= 0.6 is 0 Å². The second kappa shape index (κ2) is 7.72. The molecule has 3 rings (SSSR count). The van der Waals surface area contributed by atoms with Gasteiger partial charge in [0.15, 0.2) is 24.0 Å². The van der Waals surface area contributed by atoms with E-state index in [4.69, 9.17) is 14.6 Å². The van der Waals surface area contributed by atoms with Gasteiger partial charge in [-0.25, -0.2) is 18.8 Å². The summed E-state index contributed by atoms with van der Waals surface area (Å²) in [5.74, 6) is -3.33. The summed E-state index contributed by atoms with van der Waals surface area (Å²) in [6.45, 7) is 0. The summed E-state index contributed by atoms with van der Waals surface area (Å²) in [5, 5.41) is 30.4. The van der Waals surface area contributed by atoms with Crippen molar-refractivity contribution >= 4 is 17.9 Å². The minimum Gasteiger partial charge on any atom is -0.479 e. The molecule has 4 unspecified atom stereocenters. The normalized spacial score (nSPS) is 24.0. The molecule has 12 heteroatoms. The molecule has 28 heavy (non-hydrogen) atoms. The van der Waals surface area contributed by atoms with Crippen LogP contribution in [0.5, 0.6) is 5.75 Å². The number of aliphatic hydroxyl groups excluding tert-OH is 2. The van der Waals surface area contributed by atoms with Gasteiger partial charge in [0.1, 0.15) is 18.0 Å². The maximum Gasteiger partial charge on any atom is 0.418 e. The molecule has 1 aliphatic heterocycles. The zero-order chi connectivity index (χ0) is 20.4. The first kappa shape index (κ1) is 19.4. The number of halogens is 1. The molecule has 2 heterocycles. The van der Waals surface area contributed by atoms with Crippen LogP contribution in [0.25, 0.3) is 0 Å². The highest BCUT2D eigenvalue weighted by molar-refractivity contribution is 5.85. The van der Waals surface area contributed by atoms with Gasteiger partial charge in [-0.15, -0.1) is 0 Å². The second-order valence-electron chi connectivity index (χ2n) is 5.72. The lowest BCUT2D eigenvalue weighted by Gasteiger charge is -2.17. The zero-order valence-electron chi connectivity index (χ0n) is 13.9. The highest BCUT2D eigenvalue weighted by atomic mass is 19.1. The molecule has 0 saturated carbocycles. The summed E-state index contributed by atoms with van der Waals surface area (Å²) in [6, 6.07) is 7.86. The Morgan fingerprint density at radius 2 is 1.89 bits per heavy atom. The van der Waals surface area contributed by atoms with E-state index in [1.165, 1.54) is 12.1 Å². The maximum absolute atomic E-state index is 14.3. The Morgan fingerprint density at radius 3 is 2.50 bits per heavy atom. The van der Waals surface area contributed by atoms with Crippen LogP contribution in [0.15, 0.2) is 41.3 Å². The molecule has 1 fully saturated rings. The third kappa shape index (κ3) is 3.83. The van der Waals surface area contributed by atoms with E-state index in [9.17, 15) is 29.0 Å². The quantitative estimate of drug-likeness (QED) is 0.545. The summed E-state index contributed by atoms with van der Waals surface area (Å²) in [6.07, 6.45) is -7.70. The highest BCUT2D eigenvalue weighted by Crippen LogP contribution is 2.29. The molecule has 1 aromatic carbocycles. The minimum atomic E-state index is -1.84. The number of hydrogen-bond acceptors (Lipinski definition) is 8. The molecule has 1 saturated heterocycles. The Morgan fingerprint density at radius 1 is 1.21 bits per heavy atom. The summed E-state index contributed by atoms with van der Waals surface area (Å²) in [4.78, 5) is 38.2. The van der Waals surface area contributed by atoms with Crippen molar-refractivity contribution in [2.24, 2.45) is 0 Å². The first-order valence-corrected chi connectivity index (χ1v) is 7.85. The van der Waals surface area contributed by atoms with Gasteiger partial charge in [0, 0.05) is 0 Å². The number of carbonyl (C=O) groups excluding carboxylic acids is 1. The van der Waals surface area contributed by atoms with Gasteiger partial charge in [0.2, 0.25) is 0 Å². The Kier molecular flexibility index (Phi) is 5.35. The molecular weight excluding hydrogens is 381 g/mol. The Bertz CT molecular complexity index is 951. The lowest BCUT2D eigenvalue weighted by Crippen LogP contribution is -2.37. The topological polar surface area (TPSA) is 160 Å². The Balaban J connectivity index is 1.79. The first-order valence-electron chi connectivity index (χ1n) is 7.85. The van der Waals surface area contributed by atoms with Gasteiger partial charge in [0.25, 0.3) is 0 Å². The van der Waals surface area contributed by atoms with E-state index in [2.05, 4.69) is 4.98 Å². The number of carbonyl (C=O) groups is 2.